The van der Waals surface area contributed by atoms with Gasteiger partial charge in [0.05, 0.1) is 30.1 Å². The Balaban J connectivity index is 1.28. The van der Waals surface area contributed by atoms with E-state index in [2.05, 4.69) is 34.4 Å². The molecule has 6 nitrogen and oxygen atoms in total. The zero-order valence-electron chi connectivity index (χ0n) is 18.3. The highest BCUT2D eigenvalue weighted by Crippen LogP contribution is 2.25. The van der Waals surface area contributed by atoms with Gasteiger partial charge in [0, 0.05) is 19.2 Å². The largest absolute Gasteiger partial charge is 0.375 e. The van der Waals surface area contributed by atoms with Crippen LogP contribution in [0.25, 0.3) is 5.69 Å². The maximum absolute atomic E-state index is 12.7. The molecule has 0 bridgehead atoms. The Labute approximate surface area is 179 Å². The fourth-order valence-corrected chi connectivity index (χ4v) is 4.53. The molecule has 1 aliphatic heterocycles. The van der Waals surface area contributed by atoms with Gasteiger partial charge in [0.25, 0.3) is 0 Å². The van der Waals surface area contributed by atoms with E-state index in [1.807, 2.05) is 25.1 Å². The SMILES string of the molecule is Cc1ccc(-n2nc(C)cc2NC(=O)CN2CCC(OC3CCCCC3)CC2)cc1. The lowest BCUT2D eigenvalue weighted by Crippen LogP contribution is -2.42. The second kappa shape index (κ2) is 9.75. The number of benzene rings is 1. The molecule has 1 aromatic heterocycles. The highest BCUT2D eigenvalue weighted by molar-refractivity contribution is 5.91. The molecule has 1 saturated heterocycles. The van der Waals surface area contributed by atoms with E-state index < -0.39 is 0 Å². The van der Waals surface area contributed by atoms with Crippen molar-refractivity contribution in [2.45, 2.75) is 71.0 Å². The molecule has 162 valence electrons. The molecule has 2 aromatic rings. The number of likely N-dealkylation sites (tertiary alicyclic amines) is 1. The van der Waals surface area contributed by atoms with E-state index in [9.17, 15) is 4.79 Å². The summed E-state index contributed by atoms with van der Waals surface area (Å²) in [5.74, 6) is 0.729. The molecule has 1 amide bonds. The molecule has 0 spiro atoms. The molecule has 0 radical (unpaired) electrons. The van der Waals surface area contributed by atoms with Gasteiger partial charge in [-0.25, -0.2) is 4.68 Å². The van der Waals surface area contributed by atoms with Crippen LogP contribution in [0.2, 0.25) is 0 Å². The molecule has 1 N–H and O–H groups in total. The highest BCUT2D eigenvalue weighted by Gasteiger charge is 2.25. The van der Waals surface area contributed by atoms with Crippen LogP contribution in [-0.4, -0.2) is 52.4 Å². The quantitative estimate of drug-likeness (QED) is 0.774. The number of rotatable bonds is 6. The van der Waals surface area contributed by atoms with Gasteiger partial charge in [0.2, 0.25) is 5.91 Å². The number of anilines is 1. The summed E-state index contributed by atoms with van der Waals surface area (Å²) in [7, 11) is 0. The second-order valence-corrected chi connectivity index (χ2v) is 8.84. The Morgan fingerprint density at radius 2 is 1.70 bits per heavy atom. The van der Waals surface area contributed by atoms with Crippen LogP contribution in [0.5, 0.6) is 0 Å². The number of carbonyl (C=O) groups is 1. The van der Waals surface area contributed by atoms with Crippen LogP contribution in [0, 0.1) is 13.8 Å². The van der Waals surface area contributed by atoms with Crippen LogP contribution in [0.3, 0.4) is 0 Å². The zero-order valence-corrected chi connectivity index (χ0v) is 18.3. The number of carbonyl (C=O) groups excluding carboxylic acids is 1. The molecule has 2 aliphatic rings. The first kappa shape index (κ1) is 21.1. The lowest BCUT2D eigenvalue weighted by Gasteiger charge is -2.34. The number of nitrogens with one attached hydrogen (secondary N) is 1. The first-order valence-electron chi connectivity index (χ1n) is 11.4. The van der Waals surface area contributed by atoms with Crippen LogP contribution in [-0.2, 0) is 9.53 Å². The van der Waals surface area contributed by atoms with Gasteiger partial charge in [-0.05, 0) is 51.7 Å². The predicted octanol–water partition coefficient (Wildman–Crippen LogP) is 4.24. The van der Waals surface area contributed by atoms with Gasteiger partial charge in [-0.1, -0.05) is 37.0 Å². The lowest BCUT2D eigenvalue weighted by molar-refractivity contribution is -0.118. The monoisotopic (exact) mass is 410 g/mol. The Hall–Kier alpha value is -2.18. The van der Waals surface area contributed by atoms with Crippen molar-refractivity contribution in [1.82, 2.24) is 14.7 Å². The van der Waals surface area contributed by atoms with Crippen LogP contribution >= 0.6 is 0 Å². The van der Waals surface area contributed by atoms with Crippen LogP contribution in [0.15, 0.2) is 30.3 Å². The van der Waals surface area contributed by atoms with E-state index >= 15 is 0 Å². The molecule has 1 aromatic carbocycles. The van der Waals surface area contributed by atoms with Crippen LogP contribution in [0.4, 0.5) is 5.82 Å². The smallest absolute Gasteiger partial charge is 0.239 e. The third-order valence-corrected chi connectivity index (χ3v) is 6.22. The second-order valence-electron chi connectivity index (χ2n) is 8.84. The Kier molecular flexibility index (Phi) is 6.85. The van der Waals surface area contributed by atoms with Gasteiger partial charge < -0.3 is 10.1 Å². The minimum absolute atomic E-state index is 0.00918. The van der Waals surface area contributed by atoms with Crippen LogP contribution in [0.1, 0.15) is 56.2 Å². The molecule has 2 fully saturated rings. The van der Waals surface area contributed by atoms with Gasteiger partial charge in [0.1, 0.15) is 5.82 Å². The standard InChI is InChI=1S/C24H34N4O2/c1-18-8-10-20(11-9-18)28-23(16-19(2)26-28)25-24(29)17-27-14-12-22(13-15-27)30-21-6-4-3-5-7-21/h8-11,16,21-22H,3-7,12-15,17H2,1-2H3,(H,25,29). The summed E-state index contributed by atoms with van der Waals surface area (Å²) in [6, 6.07) is 10.1. The molecule has 2 heterocycles. The molecule has 4 rings (SSSR count). The summed E-state index contributed by atoms with van der Waals surface area (Å²) in [6.45, 7) is 6.25. The summed E-state index contributed by atoms with van der Waals surface area (Å²) >= 11 is 0. The summed E-state index contributed by atoms with van der Waals surface area (Å²) in [5, 5.41) is 7.60. The minimum atomic E-state index is 0.00918. The van der Waals surface area contributed by atoms with Crippen molar-refractivity contribution < 1.29 is 9.53 Å². The van der Waals surface area contributed by atoms with Crippen molar-refractivity contribution in [1.29, 1.82) is 0 Å². The average molecular weight is 411 g/mol. The number of hydrogen-bond donors (Lipinski definition) is 1. The number of aryl methyl sites for hydroxylation is 2. The fraction of sp³-hybridized carbons (Fsp3) is 0.583. The number of nitrogens with zero attached hydrogens (tertiary/aromatic N) is 3. The molecule has 0 atom stereocenters. The number of hydrogen-bond acceptors (Lipinski definition) is 4. The number of piperidine rings is 1. The first-order valence-corrected chi connectivity index (χ1v) is 11.4. The Morgan fingerprint density at radius 1 is 1.03 bits per heavy atom. The fourth-order valence-electron chi connectivity index (χ4n) is 4.53. The Bertz CT molecular complexity index is 831. The molecule has 1 saturated carbocycles. The topological polar surface area (TPSA) is 59.4 Å². The molecule has 1 aliphatic carbocycles. The summed E-state index contributed by atoms with van der Waals surface area (Å²) in [4.78, 5) is 14.9. The van der Waals surface area contributed by atoms with Crippen molar-refractivity contribution in [2.24, 2.45) is 0 Å². The van der Waals surface area contributed by atoms with E-state index in [1.165, 1.54) is 37.7 Å². The van der Waals surface area contributed by atoms with Crippen molar-refractivity contribution in [2.75, 3.05) is 25.0 Å². The Morgan fingerprint density at radius 3 is 2.40 bits per heavy atom. The van der Waals surface area contributed by atoms with Crippen LogP contribution < -0.4 is 5.32 Å². The third kappa shape index (κ3) is 5.49. The van der Waals surface area contributed by atoms with E-state index in [4.69, 9.17) is 4.74 Å². The highest BCUT2D eigenvalue weighted by atomic mass is 16.5. The molecule has 6 heteroatoms. The summed E-state index contributed by atoms with van der Waals surface area (Å²) < 4.78 is 8.12. The number of aromatic nitrogens is 2. The van der Waals surface area contributed by atoms with E-state index in [0.29, 0.717) is 18.8 Å². The number of amides is 1. The molecular weight excluding hydrogens is 376 g/mol. The van der Waals surface area contributed by atoms with Crippen molar-refractivity contribution in [3.63, 3.8) is 0 Å². The molecular formula is C24H34N4O2. The van der Waals surface area contributed by atoms with Crippen molar-refractivity contribution >= 4 is 11.7 Å². The van der Waals surface area contributed by atoms with Gasteiger partial charge >= 0.3 is 0 Å². The third-order valence-electron chi connectivity index (χ3n) is 6.22. The van der Waals surface area contributed by atoms with Crippen molar-refractivity contribution in [3.8, 4) is 5.69 Å². The maximum atomic E-state index is 12.7. The summed E-state index contributed by atoms with van der Waals surface area (Å²) in [6.07, 6.45) is 9.27. The van der Waals surface area contributed by atoms with Gasteiger partial charge in [-0.3, -0.25) is 9.69 Å². The maximum Gasteiger partial charge on any atom is 0.239 e. The normalized spacial score (nSPS) is 19.1. The minimum Gasteiger partial charge on any atom is -0.375 e. The van der Waals surface area contributed by atoms with E-state index in [1.54, 1.807) is 4.68 Å². The lowest BCUT2D eigenvalue weighted by atomic mass is 9.97. The molecule has 0 unspecified atom stereocenters. The van der Waals surface area contributed by atoms with Gasteiger partial charge in [0.15, 0.2) is 0 Å². The zero-order chi connectivity index (χ0) is 20.9. The van der Waals surface area contributed by atoms with Crippen molar-refractivity contribution in [3.05, 3.63) is 41.6 Å². The molecule has 30 heavy (non-hydrogen) atoms. The predicted molar refractivity (Wildman–Crippen MR) is 119 cm³/mol. The van der Waals surface area contributed by atoms with Gasteiger partial charge in [-0.2, -0.15) is 5.10 Å². The van der Waals surface area contributed by atoms with Gasteiger partial charge in [-0.15, -0.1) is 0 Å². The van der Waals surface area contributed by atoms with E-state index in [0.717, 1.165) is 43.1 Å². The average Bonchev–Trinajstić information content (AvgIpc) is 3.10. The number of ether oxygens (including phenoxy) is 1. The van der Waals surface area contributed by atoms with E-state index in [-0.39, 0.29) is 5.91 Å². The summed E-state index contributed by atoms with van der Waals surface area (Å²) in [5.41, 5.74) is 3.03. The first-order chi connectivity index (χ1) is 14.6.